The SMILES string of the molecule is CC(C)N[C@H](C(=O)N1C[C@H](O)C[C@H]1C(=O)NCc1ccc2ccc(=O)n(C)c2c1)C(C)(C)C. The van der Waals surface area contributed by atoms with Crippen molar-refractivity contribution in [2.75, 3.05) is 6.54 Å². The average molecular weight is 457 g/mol. The lowest BCUT2D eigenvalue weighted by Gasteiger charge is -2.36. The number of hydrogen-bond donors (Lipinski definition) is 3. The van der Waals surface area contributed by atoms with Gasteiger partial charge in [0, 0.05) is 38.7 Å². The molecule has 1 aliphatic rings. The summed E-state index contributed by atoms with van der Waals surface area (Å²) in [5.74, 6) is -0.465. The zero-order chi connectivity index (χ0) is 24.5. The average Bonchev–Trinajstić information content (AvgIpc) is 3.13. The number of aliphatic hydroxyl groups excluding tert-OH is 1. The van der Waals surface area contributed by atoms with Crippen molar-refractivity contribution < 1.29 is 14.7 Å². The van der Waals surface area contributed by atoms with Crippen LogP contribution in [0.15, 0.2) is 35.1 Å². The Morgan fingerprint density at radius 3 is 2.48 bits per heavy atom. The highest BCUT2D eigenvalue weighted by molar-refractivity contribution is 5.91. The summed E-state index contributed by atoms with van der Waals surface area (Å²) >= 11 is 0. The van der Waals surface area contributed by atoms with Gasteiger partial charge in [-0.25, -0.2) is 0 Å². The second-order valence-corrected chi connectivity index (χ2v) is 10.4. The maximum Gasteiger partial charge on any atom is 0.250 e. The third-order valence-electron chi connectivity index (χ3n) is 6.14. The van der Waals surface area contributed by atoms with Gasteiger partial charge in [-0.1, -0.05) is 46.8 Å². The molecule has 1 saturated heterocycles. The van der Waals surface area contributed by atoms with E-state index in [1.54, 1.807) is 17.7 Å². The van der Waals surface area contributed by atoms with Gasteiger partial charge in [-0.3, -0.25) is 14.4 Å². The van der Waals surface area contributed by atoms with Crippen LogP contribution in [0.5, 0.6) is 0 Å². The van der Waals surface area contributed by atoms with Crippen LogP contribution in [-0.4, -0.2) is 57.2 Å². The molecule has 1 aromatic heterocycles. The van der Waals surface area contributed by atoms with Gasteiger partial charge >= 0.3 is 0 Å². The van der Waals surface area contributed by atoms with Crippen molar-refractivity contribution in [1.82, 2.24) is 20.1 Å². The molecule has 0 aliphatic carbocycles. The van der Waals surface area contributed by atoms with Crippen molar-refractivity contribution in [3.8, 4) is 0 Å². The van der Waals surface area contributed by atoms with Gasteiger partial charge in [0.15, 0.2) is 0 Å². The van der Waals surface area contributed by atoms with Crippen LogP contribution < -0.4 is 16.2 Å². The third kappa shape index (κ3) is 5.62. The zero-order valence-corrected chi connectivity index (χ0v) is 20.4. The first kappa shape index (κ1) is 24.9. The Labute approximate surface area is 195 Å². The largest absolute Gasteiger partial charge is 0.391 e. The minimum atomic E-state index is -0.737. The third-order valence-corrected chi connectivity index (χ3v) is 6.14. The summed E-state index contributed by atoms with van der Waals surface area (Å²) in [6.07, 6.45) is -0.526. The number of aryl methyl sites for hydroxylation is 1. The highest BCUT2D eigenvalue weighted by Gasteiger charge is 2.43. The number of fused-ring (bicyclic) bond motifs is 1. The molecule has 2 heterocycles. The predicted octanol–water partition coefficient (Wildman–Crippen LogP) is 1.53. The van der Waals surface area contributed by atoms with Crippen molar-refractivity contribution in [2.45, 2.75) is 71.8 Å². The molecule has 1 aromatic carbocycles. The standard InChI is InChI=1S/C25H36N4O4/c1-15(2)27-22(25(3,4)5)24(33)29-14-18(30)12-20(29)23(32)26-13-16-7-8-17-9-10-21(31)28(6)19(17)11-16/h7-11,15,18,20,22,27,30H,12-14H2,1-6H3,(H,26,32)/t18-,20+,22-/m1/s1. The van der Waals surface area contributed by atoms with E-state index in [0.29, 0.717) is 0 Å². The zero-order valence-electron chi connectivity index (χ0n) is 20.4. The number of likely N-dealkylation sites (tertiary alicyclic amines) is 1. The molecule has 0 unspecified atom stereocenters. The fourth-order valence-electron chi connectivity index (χ4n) is 4.33. The summed E-state index contributed by atoms with van der Waals surface area (Å²) < 4.78 is 1.57. The van der Waals surface area contributed by atoms with Crippen LogP contribution in [-0.2, 0) is 23.2 Å². The number of rotatable bonds is 6. The number of pyridine rings is 1. The molecule has 3 atom stereocenters. The van der Waals surface area contributed by atoms with Gasteiger partial charge in [-0.15, -0.1) is 0 Å². The number of hydrogen-bond acceptors (Lipinski definition) is 5. The Morgan fingerprint density at radius 1 is 1.18 bits per heavy atom. The van der Waals surface area contributed by atoms with Gasteiger partial charge in [0.25, 0.3) is 5.56 Å². The van der Waals surface area contributed by atoms with E-state index in [-0.39, 0.29) is 48.3 Å². The molecule has 1 fully saturated rings. The molecule has 3 rings (SSSR count). The molecule has 180 valence electrons. The van der Waals surface area contributed by atoms with E-state index in [1.165, 1.54) is 11.0 Å². The van der Waals surface area contributed by atoms with Crippen molar-refractivity contribution >= 4 is 22.7 Å². The Bertz CT molecular complexity index is 1090. The maximum absolute atomic E-state index is 13.4. The van der Waals surface area contributed by atoms with Gasteiger partial charge in [-0.2, -0.15) is 0 Å². The molecule has 1 aliphatic heterocycles. The second kappa shape index (κ2) is 9.65. The van der Waals surface area contributed by atoms with E-state index in [9.17, 15) is 19.5 Å². The number of aliphatic hydroxyl groups is 1. The predicted molar refractivity (Wildman–Crippen MR) is 129 cm³/mol. The Morgan fingerprint density at radius 2 is 1.85 bits per heavy atom. The topological polar surface area (TPSA) is 104 Å². The summed E-state index contributed by atoms with van der Waals surface area (Å²) in [4.78, 5) is 39.9. The molecule has 0 saturated carbocycles. The molecule has 0 radical (unpaired) electrons. The lowest BCUT2D eigenvalue weighted by Crippen LogP contribution is -2.57. The number of carbonyl (C=O) groups excluding carboxylic acids is 2. The molecule has 2 amide bonds. The number of carbonyl (C=O) groups is 2. The van der Waals surface area contributed by atoms with E-state index >= 15 is 0 Å². The lowest BCUT2D eigenvalue weighted by molar-refractivity contribution is -0.142. The number of nitrogens with zero attached hydrogens (tertiary/aromatic N) is 2. The van der Waals surface area contributed by atoms with E-state index in [1.807, 2.05) is 52.8 Å². The molecule has 2 aromatic rings. The van der Waals surface area contributed by atoms with Crippen LogP contribution in [0, 0.1) is 5.41 Å². The summed E-state index contributed by atoms with van der Waals surface area (Å²) in [6.45, 7) is 10.3. The first-order valence-electron chi connectivity index (χ1n) is 11.5. The van der Waals surface area contributed by atoms with Gasteiger partial charge < -0.3 is 25.2 Å². The smallest absolute Gasteiger partial charge is 0.250 e. The van der Waals surface area contributed by atoms with Crippen LogP contribution in [0.1, 0.15) is 46.6 Å². The van der Waals surface area contributed by atoms with Crippen molar-refractivity contribution in [1.29, 1.82) is 0 Å². The molecule has 33 heavy (non-hydrogen) atoms. The highest BCUT2D eigenvalue weighted by atomic mass is 16.3. The summed E-state index contributed by atoms with van der Waals surface area (Å²) in [5.41, 5.74) is 1.19. The summed E-state index contributed by atoms with van der Waals surface area (Å²) in [7, 11) is 1.72. The number of benzene rings is 1. The summed E-state index contributed by atoms with van der Waals surface area (Å²) in [5, 5.41) is 17.4. The Balaban J connectivity index is 1.75. The van der Waals surface area contributed by atoms with Gasteiger partial charge in [-0.05, 0) is 28.5 Å². The maximum atomic E-state index is 13.4. The van der Waals surface area contributed by atoms with Gasteiger partial charge in [0.1, 0.15) is 6.04 Å². The molecule has 8 nitrogen and oxygen atoms in total. The molecule has 3 N–H and O–H groups in total. The van der Waals surface area contributed by atoms with Crippen molar-refractivity contribution in [3.63, 3.8) is 0 Å². The van der Waals surface area contributed by atoms with E-state index in [0.717, 1.165) is 16.5 Å². The van der Waals surface area contributed by atoms with Crippen LogP contribution in [0.4, 0.5) is 0 Å². The lowest BCUT2D eigenvalue weighted by atomic mass is 9.85. The van der Waals surface area contributed by atoms with E-state index < -0.39 is 18.2 Å². The molecular weight excluding hydrogens is 420 g/mol. The molecule has 0 bridgehead atoms. The minimum absolute atomic E-state index is 0.0961. The highest BCUT2D eigenvalue weighted by Crippen LogP contribution is 2.26. The number of aromatic nitrogens is 1. The van der Waals surface area contributed by atoms with Gasteiger partial charge in [0.2, 0.25) is 11.8 Å². The first-order chi connectivity index (χ1) is 15.4. The van der Waals surface area contributed by atoms with E-state index in [4.69, 9.17) is 0 Å². The van der Waals surface area contributed by atoms with Crippen LogP contribution in [0.2, 0.25) is 0 Å². The Kier molecular flexibility index (Phi) is 7.29. The second-order valence-electron chi connectivity index (χ2n) is 10.4. The first-order valence-corrected chi connectivity index (χ1v) is 11.5. The normalized spacial score (nSPS) is 19.8. The van der Waals surface area contributed by atoms with Crippen LogP contribution >= 0.6 is 0 Å². The molecular formula is C25H36N4O4. The van der Waals surface area contributed by atoms with E-state index in [2.05, 4.69) is 10.6 Å². The Hall–Kier alpha value is -2.71. The minimum Gasteiger partial charge on any atom is -0.391 e. The van der Waals surface area contributed by atoms with Gasteiger partial charge in [0.05, 0.1) is 17.7 Å². The monoisotopic (exact) mass is 456 g/mol. The van der Waals surface area contributed by atoms with Crippen LogP contribution in [0.25, 0.3) is 10.9 Å². The molecule has 0 spiro atoms. The molecule has 8 heteroatoms. The number of amides is 2. The summed E-state index contributed by atoms with van der Waals surface area (Å²) in [6, 6.07) is 7.91. The fraction of sp³-hybridized carbons (Fsp3) is 0.560. The number of β-amino-alcohol motifs (C(OH)–C–C–N with tert-alkyl or cyclic N) is 1. The fourth-order valence-corrected chi connectivity index (χ4v) is 4.33. The quantitative estimate of drug-likeness (QED) is 0.612. The van der Waals surface area contributed by atoms with Crippen LogP contribution in [0.3, 0.4) is 0 Å². The van der Waals surface area contributed by atoms with Crippen molar-refractivity contribution in [2.24, 2.45) is 12.5 Å². The number of nitrogens with one attached hydrogen (secondary N) is 2. The van der Waals surface area contributed by atoms with Crippen molar-refractivity contribution in [3.05, 3.63) is 46.2 Å².